The predicted molar refractivity (Wildman–Crippen MR) is 58.4 cm³/mol. The smallest absolute Gasteiger partial charge is 0.0234 e. The van der Waals surface area contributed by atoms with Gasteiger partial charge in [-0.3, -0.25) is 0 Å². The van der Waals surface area contributed by atoms with E-state index < -0.39 is 0 Å². The lowest BCUT2D eigenvalue weighted by Crippen LogP contribution is -2.35. The molecule has 1 spiro atoms. The molecule has 1 aromatic rings. The molecule has 1 aliphatic heterocycles. The lowest BCUT2D eigenvalue weighted by Gasteiger charge is -2.33. The first-order valence-electron chi connectivity index (χ1n) is 5.49. The van der Waals surface area contributed by atoms with Gasteiger partial charge in [-0.15, -0.1) is 0 Å². The zero-order valence-electron chi connectivity index (χ0n) is 9.01. The summed E-state index contributed by atoms with van der Waals surface area (Å²) in [6.45, 7) is 4.67. The first kappa shape index (κ1) is 8.49. The SMILES string of the molecule is Cc1cccc2c1C1(CC1)CN(C)C2. The first-order chi connectivity index (χ1) is 6.71. The third kappa shape index (κ3) is 1.05. The van der Waals surface area contributed by atoms with Gasteiger partial charge in [-0.2, -0.15) is 0 Å². The number of aryl methyl sites for hydroxylation is 1. The van der Waals surface area contributed by atoms with Gasteiger partial charge in [-0.05, 0) is 43.5 Å². The van der Waals surface area contributed by atoms with Crippen LogP contribution in [0.3, 0.4) is 0 Å². The van der Waals surface area contributed by atoms with E-state index in [2.05, 4.69) is 37.1 Å². The molecule has 3 rings (SSSR count). The van der Waals surface area contributed by atoms with E-state index >= 15 is 0 Å². The highest BCUT2D eigenvalue weighted by Crippen LogP contribution is 2.53. The van der Waals surface area contributed by atoms with E-state index in [1.54, 1.807) is 11.1 Å². The van der Waals surface area contributed by atoms with Gasteiger partial charge in [-0.1, -0.05) is 18.2 Å². The summed E-state index contributed by atoms with van der Waals surface area (Å²) in [7, 11) is 2.24. The predicted octanol–water partition coefficient (Wildman–Crippen LogP) is 2.47. The van der Waals surface area contributed by atoms with Crippen LogP contribution in [0, 0.1) is 6.92 Å². The zero-order chi connectivity index (χ0) is 9.76. The van der Waals surface area contributed by atoms with Crippen LogP contribution in [-0.4, -0.2) is 18.5 Å². The van der Waals surface area contributed by atoms with Crippen molar-refractivity contribution in [1.29, 1.82) is 0 Å². The summed E-state index contributed by atoms with van der Waals surface area (Å²) in [5, 5.41) is 0. The van der Waals surface area contributed by atoms with Crippen LogP contribution < -0.4 is 0 Å². The Kier molecular flexibility index (Phi) is 1.58. The van der Waals surface area contributed by atoms with Crippen molar-refractivity contribution in [2.45, 2.75) is 31.7 Å². The monoisotopic (exact) mass is 187 g/mol. The molecule has 0 unspecified atom stereocenters. The summed E-state index contributed by atoms with van der Waals surface area (Å²) in [5.74, 6) is 0. The lowest BCUT2D eigenvalue weighted by atomic mass is 9.84. The van der Waals surface area contributed by atoms with E-state index in [9.17, 15) is 0 Å². The van der Waals surface area contributed by atoms with Crippen LogP contribution in [0.5, 0.6) is 0 Å². The topological polar surface area (TPSA) is 3.24 Å². The maximum atomic E-state index is 2.47. The van der Waals surface area contributed by atoms with E-state index in [4.69, 9.17) is 0 Å². The van der Waals surface area contributed by atoms with Gasteiger partial charge in [0, 0.05) is 18.5 Å². The highest BCUT2D eigenvalue weighted by Gasteiger charge is 2.48. The fraction of sp³-hybridized carbons (Fsp3) is 0.538. The molecule has 1 aromatic carbocycles. The fourth-order valence-electron chi connectivity index (χ4n) is 3.12. The van der Waals surface area contributed by atoms with Crippen molar-refractivity contribution >= 4 is 0 Å². The van der Waals surface area contributed by atoms with Crippen LogP contribution in [0.15, 0.2) is 18.2 Å². The second-order valence-corrected chi connectivity index (χ2v) is 5.06. The second kappa shape index (κ2) is 2.60. The van der Waals surface area contributed by atoms with Gasteiger partial charge in [0.05, 0.1) is 0 Å². The number of hydrogen-bond acceptors (Lipinski definition) is 1. The standard InChI is InChI=1S/C13H17N/c1-10-4-3-5-11-8-14(2)9-13(6-7-13)12(10)11/h3-5H,6-9H2,1-2H3. The van der Waals surface area contributed by atoms with Crippen LogP contribution in [-0.2, 0) is 12.0 Å². The fourth-order valence-corrected chi connectivity index (χ4v) is 3.12. The van der Waals surface area contributed by atoms with Crippen molar-refractivity contribution in [1.82, 2.24) is 4.90 Å². The Hall–Kier alpha value is -0.820. The van der Waals surface area contributed by atoms with Gasteiger partial charge in [0.2, 0.25) is 0 Å². The summed E-state index contributed by atoms with van der Waals surface area (Å²) in [5.41, 5.74) is 5.30. The number of benzene rings is 1. The van der Waals surface area contributed by atoms with Crippen molar-refractivity contribution in [3.05, 3.63) is 34.9 Å². The molecular formula is C13H17N. The van der Waals surface area contributed by atoms with Gasteiger partial charge in [-0.25, -0.2) is 0 Å². The van der Waals surface area contributed by atoms with Crippen molar-refractivity contribution < 1.29 is 0 Å². The minimum Gasteiger partial charge on any atom is -0.301 e. The quantitative estimate of drug-likeness (QED) is 0.603. The Morgan fingerprint density at radius 3 is 2.79 bits per heavy atom. The van der Waals surface area contributed by atoms with Crippen LogP contribution in [0.4, 0.5) is 0 Å². The summed E-state index contributed by atoms with van der Waals surface area (Å²) in [4.78, 5) is 2.47. The average Bonchev–Trinajstić information content (AvgIpc) is 2.84. The maximum absolute atomic E-state index is 2.47. The highest BCUT2D eigenvalue weighted by atomic mass is 15.1. The molecular weight excluding hydrogens is 170 g/mol. The van der Waals surface area contributed by atoms with E-state index in [-0.39, 0.29) is 0 Å². The number of hydrogen-bond donors (Lipinski definition) is 0. The minimum absolute atomic E-state index is 0.549. The lowest BCUT2D eigenvalue weighted by molar-refractivity contribution is 0.270. The van der Waals surface area contributed by atoms with Crippen molar-refractivity contribution in [2.75, 3.05) is 13.6 Å². The van der Waals surface area contributed by atoms with Crippen LogP contribution in [0.25, 0.3) is 0 Å². The van der Waals surface area contributed by atoms with E-state index in [1.165, 1.54) is 24.9 Å². The Balaban J connectivity index is 2.18. The van der Waals surface area contributed by atoms with Gasteiger partial charge in [0.15, 0.2) is 0 Å². The highest BCUT2D eigenvalue weighted by molar-refractivity contribution is 5.46. The molecule has 1 heterocycles. The molecule has 74 valence electrons. The number of nitrogens with zero attached hydrogens (tertiary/aromatic N) is 1. The summed E-state index contributed by atoms with van der Waals surface area (Å²) < 4.78 is 0. The number of likely N-dealkylation sites (N-methyl/N-ethyl adjacent to an activating group) is 1. The van der Waals surface area contributed by atoms with Crippen molar-refractivity contribution in [3.63, 3.8) is 0 Å². The summed E-state index contributed by atoms with van der Waals surface area (Å²) in [6, 6.07) is 6.77. The molecule has 1 aliphatic carbocycles. The van der Waals surface area contributed by atoms with Gasteiger partial charge < -0.3 is 4.90 Å². The second-order valence-electron chi connectivity index (χ2n) is 5.06. The van der Waals surface area contributed by atoms with Crippen molar-refractivity contribution in [3.8, 4) is 0 Å². The minimum atomic E-state index is 0.549. The van der Waals surface area contributed by atoms with Crippen LogP contribution in [0.1, 0.15) is 29.5 Å². The molecule has 0 N–H and O–H groups in total. The third-order valence-electron chi connectivity index (χ3n) is 3.76. The molecule has 1 heteroatoms. The molecule has 2 aliphatic rings. The van der Waals surface area contributed by atoms with Gasteiger partial charge in [0.1, 0.15) is 0 Å². The van der Waals surface area contributed by atoms with Crippen molar-refractivity contribution in [2.24, 2.45) is 0 Å². The maximum Gasteiger partial charge on any atom is 0.0234 e. The Labute approximate surface area is 85.7 Å². The Morgan fingerprint density at radius 2 is 2.07 bits per heavy atom. The molecule has 1 nitrogen and oxygen atoms in total. The first-order valence-corrected chi connectivity index (χ1v) is 5.49. The molecule has 14 heavy (non-hydrogen) atoms. The van der Waals surface area contributed by atoms with Gasteiger partial charge in [0.25, 0.3) is 0 Å². The largest absolute Gasteiger partial charge is 0.301 e. The molecule has 1 saturated carbocycles. The van der Waals surface area contributed by atoms with Crippen LogP contribution >= 0.6 is 0 Å². The van der Waals surface area contributed by atoms with E-state index in [1.807, 2.05) is 0 Å². The molecule has 0 saturated heterocycles. The van der Waals surface area contributed by atoms with E-state index in [0.717, 1.165) is 6.54 Å². The van der Waals surface area contributed by atoms with Gasteiger partial charge >= 0.3 is 0 Å². The van der Waals surface area contributed by atoms with Crippen LogP contribution in [0.2, 0.25) is 0 Å². The number of rotatable bonds is 0. The molecule has 0 amide bonds. The summed E-state index contributed by atoms with van der Waals surface area (Å²) >= 11 is 0. The Morgan fingerprint density at radius 1 is 1.29 bits per heavy atom. The molecule has 0 atom stereocenters. The Bertz CT molecular complexity index is 377. The summed E-state index contributed by atoms with van der Waals surface area (Å²) in [6.07, 6.45) is 2.80. The average molecular weight is 187 g/mol. The zero-order valence-corrected chi connectivity index (χ0v) is 9.01. The molecule has 0 radical (unpaired) electrons. The molecule has 0 aromatic heterocycles. The number of fused-ring (bicyclic) bond motifs is 2. The third-order valence-corrected chi connectivity index (χ3v) is 3.76. The molecule has 1 fully saturated rings. The molecule has 0 bridgehead atoms. The normalized spacial score (nSPS) is 23.6. The van der Waals surface area contributed by atoms with E-state index in [0.29, 0.717) is 5.41 Å².